The number of fused-ring (bicyclic) bond motifs is 1. The molecule has 1 fully saturated rings. The second-order valence-corrected chi connectivity index (χ2v) is 10.2. The number of furan rings is 1. The van der Waals surface area contributed by atoms with Crippen LogP contribution in [0.4, 0.5) is 5.69 Å². The van der Waals surface area contributed by atoms with Crippen LogP contribution in [0.15, 0.2) is 39.6 Å². The number of nitrogens with zero attached hydrogens (tertiary/aromatic N) is 2. The van der Waals surface area contributed by atoms with E-state index in [4.69, 9.17) is 9.68 Å². The molecule has 1 saturated heterocycles. The minimum absolute atomic E-state index is 0.0277. The third-order valence-corrected chi connectivity index (χ3v) is 7.85. The molecular formula is C25H27N3O4S. The van der Waals surface area contributed by atoms with E-state index >= 15 is 0 Å². The third kappa shape index (κ3) is 4.33. The molecule has 0 aliphatic carbocycles. The molecule has 1 N–H and O–H groups in total. The van der Waals surface area contributed by atoms with E-state index in [9.17, 15) is 13.2 Å². The van der Waals surface area contributed by atoms with Crippen molar-refractivity contribution >= 4 is 32.6 Å². The molecule has 7 nitrogen and oxygen atoms in total. The highest BCUT2D eigenvalue weighted by Gasteiger charge is 2.30. The van der Waals surface area contributed by atoms with Gasteiger partial charge in [-0.05, 0) is 75.1 Å². The molecule has 2 aromatic carbocycles. The summed E-state index contributed by atoms with van der Waals surface area (Å²) in [5.74, 6) is 0.0102. The summed E-state index contributed by atoms with van der Waals surface area (Å²) in [6.07, 6.45) is 4.12. The maximum Gasteiger partial charge on any atom is 0.289 e. The number of carbonyl (C=O) groups excluding carboxylic acids is 1. The zero-order chi connectivity index (χ0) is 23.8. The van der Waals surface area contributed by atoms with E-state index in [0.29, 0.717) is 40.9 Å². The molecule has 172 valence electrons. The lowest BCUT2D eigenvalue weighted by molar-refractivity contribution is 0.0731. The quantitative estimate of drug-likeness (QED) is 0.581. The van der Waals surface area contributed by atoms with Crippen LogP contribution in [0.5, 0.6) is 0 Å². The van der Waals surface area contributed by atoms with Crippen LogP contribution in [0.3, 0.4) is 0 Å². The fraction of sp³-hybridized carbons (Fsp3) is 0.360. The van der Waals surface area contributed by atoms with Gasteiger partial charge in [0, 0.05) is 29.7 Å². The maximum atomic E-state index is 13.4. The van der Waals surface area contributed by atoms with Crippen LogP contribution in [0.25, 0.3) is 11.0 Å². The van der Waals surface area contributed by atoms with Crippen LogP contribution in [0.2, 0.25) is 0 Å². The Morgan fingerprint density at radius 3 is 2.27 bits per heavy atom. The van der Waals surface area contributed by atoms with Gasteiger partial charge in [-0.1, -0.05) is 12.8 Å². The number of sulfonamides is 1. The summed E-state index contributed by atoms with van der Waals surface area (Å²) >= 11 is 0. The molecule has 0 unspecified atom stereocenters. The van der Waals surface area contributed by atoms with Crippen molar-refractivity contribution in [2.75, 3.05) is 17.8 Å². The van der Waals surface area contributed by atoms with Crippen molar-refractivity contribution in [3.63, 3.8) is 0 Å². The Morgan fingerprint density at radius 1 is 1.03 bits per heavy atom. The zero-order valence-electron chi connectivity index (χ0n) is 19.1. The van der Waals surface area contributed by atoms with Gasteiger partial charge in [-0.3, -0.25) is 9.52 Å². The molecular weight excluding hydrogens is 438 g/mol. The molecule has 33 heavy (non-hydrogen) atoms. The summed E-state index contributed by atoms with van der Waals surface area (Å²) in [6.45, 7) is 6.74. The molecule has 0 bridgehead atoms. The van der Waals surface area contributed by atoms with E-state index in [2.05, 4.69) is 4.72 Å². The number of aryl methyl sites for hydroxylation is 2. The summed E-state index contributed by atoms with van der Waals surface area (Å²) in [4.78, 5) is 15.1. The number of nitrogens with one attached hydrogen (secondary N) is 1. The lowest BCUT2D eigenvalue weighted by Crippen LogP contribution is -2.31. The number of benzene rings is 2. The number of anilines is 1. The van der Waals surface area contributed by atoms with Crippen molar-refractivity contribution in [2.24, 2.45) is 0 Å². The second kappa shape index (κ2) is 8.91. The average Bonchev–Trinajstić information content (AvgIpc) is 2.96. The van der Waals surface area contributed by atoms with Crippen LogP contribution in [-0.2, 0) is 10.0 Å². The fourth-order valence-corrected chi connectivity index (χ4v) is 5.82. The van der Waals surface area contributed by atoms with Crippen LogP contribution in [0, 0.1) is 32.1 Å². The van der Waals surface area contributed by atoms with Gasteiger partial charge in [-0.25, -0.2) is 8.42 Å². The standard InChI is InChI=1S/C25H27N3O4S/c1-16-14-21-18(3)22(25(29)28-12-6-4-5-7-13-28)32-23(21)24(17(16)2)33(30,31)27-20-10-8-19(15-26)9-11-20/h8-11,14,27H,4-7,12-13H2,1-3H3. The topological polar surface area (TPSA) is 103 Å². The Bertz CT molecular complexity index is 1360. The van der Waals surface area contributed by atoms with E-state index in [0.717, 1.165) is 31.2 Å². The van der Waals surface area contributed by atoms with Gasteiger partial charge in [0.25, 0.3) is 15.9 Å². The first kappa shape index (κ1) is 22.9. The lowest BCUT2D eigenvalue weighted by atomic mass is 10.0. The number of nitriles is 1. The van der Waals surface area contributed by atoms with Gasteiger partial charge in [-0.2, -0.15) is 5.26 Å². The molecule has 0 spiro atoms. The monoisotopic (exact) mass is 465 g/mol. The zero-order valence-corrected chi connectivity index (χ0v) is 19.9. The molecule has 1 amide bonds. The highest BCUT2D eigenvalue weighted by molar-refractivity contribution is 7.93. The van der Waals surface area contributed by atoms with Gasteiger partial charge >= 0.3 is 0 Å². The van der Waals surface area contributed by atoms with Crippen LogP contribution in [0.1, 0.15) is 58.5 Å². The molecule has 3 aromatic rings. The first-order valence-corrected chi connectivity index (χ1v) is 12.6. The van der Waals surface area contributed by atoms with Gasteiger partial charge in [0.15, 0.2) is 11.3 Å². The Morgan fingerprint density at radius 2 is 1.67 bits per heavy atom. The molecule has 4 rings (SSSR count). The summed E-state index contributed by atoms with van der Waals surface area (Å²) in [6, 6.07) is 10.1. The molecule has 0 radical (unpaired) electrons. The molecule has 1 aromatic heterocycles. The molecule has 0 saturated carbocycles. The van der Waals surface area contributed by atoms with Gasteiger partial charge in [0.05, 0.1) is 11.6 Å². The smallest absolute Gasteiger partial charge is 0.289 e. The Balaban J connectivity index is 1.80. The van der Waals surface area contributed by atoms with Gasteiger partial charge in [0.2, 0.25) is 0 Å². The SMILES string of the molecule is Cc1cc2c(C)c(C(=O)N3CCCCCC3)oc2c(S(=O)(=O)Nc2ccc(C#N)cc2)c1C. The van der Waals surface area contributed by atoms with E-state index in [1.165, 1.54) is 0 Å². The highest BCUT2D eigenvalue weighted by Crippen LogP contribution is 2.36. The summed E-state index contributed by atoms with van der Waals surface area (Å²) in [5.41, 5.74) is 2.97. The van der Waals surface area contributed by atoms with Gasteiger partial charge < -0.3 is 9.32 Å². The van der Waals surface area contributed by atoms with Gasteiger partial charge in [-0.15, -0.1) is 0 Å². The predicted molar refractivity (Wildman–Crippen MR) is 127 cm³/mol. The van der Waals surface area contributed by atoms with Crippen molar-refractivity contribution < 1.29 is 17.6 Å². The Kier molecular flexibility index (Phi) is 6.17. The van der Waals surface area contributed by atoms with E-state index in [1.807, 2.05) is 19.1 Å². The Labute approximate surface area is 194 Å². The van der Waals surface area contributed by atoms with Crippen molar-refractivity contribution in [2.45, 2.75) is 51.3 Å². The number of carbonyl (C=O) groups is 1. The predicted octanol–water partition coefficient (Wildman–Crippen LogP) is 5.05. The lowest BCUT2D eigenvalue weighted by Gasteiger charge is -2.19. The van der Waals surface area contributed by atoms with E-state index in [1.54, 1.807) is 43.0 Å². The minimum atomic E-state index is -4.02. The fourth-order valence-electron chi connectivity index (χ4n) is 4.31. The van der Waals surface area contributed by atoms with Crippen molar-refractivity contribution in [1.82, 2.24) is 4.90 Å². The summed E-state index contributed by atoms with van der Waals surface area (Å²) in [7, 11) is -4.02. The largest absolute Gasteiger partial charge is 0.449 e. The highest BCUT2D eigenvalue weighted by atomic mass is 32.2. The summed E-state index contributed by atoms with van der Waals surface area (Å²) in [5, 5.41) is 9.60. The third-order valence-electron chi connectivity index (χ3n) is 6.31. The molecule has 1 aliphatic rings. The van der Waals surface area contributed by atoms with Crippen LogP contribution in [-0.4, -0.2) is 32.3 Å². The average molecular weight is 466 g/mol. The summed E-state index contributed by atoms with van der Waals surface area (Å²) < 4.78 is 35.5. The first-order valence-electron chi connectivity index (χ1n) is 11.1. The number of hydrogen-bond donors (Lipinski definition) is 1. The van der Waals surface area contributed by atoms with Crippen molar-refractivity contribution in [3.05, 3.63) is 58.3 Å². The number of amides is 1. The first-order chi connectivity index (χ1) is 15.7. The minimum Gasteiger partial charge on any atom is -0.449 e. The second-order valence-electron chi connectivity index (χ2n) is 8.58. The van der Waals surface area contributed by atoms with Crippen LogP contribution < -0.4 is 4.72 Å². The van der Waals surface area contributed by atoms with E-state index in [-0.39, 0.29) is 22.1 Å². The number of likely N-dealkylation sites (tertiary alicyclic amines) is 1. The van der Waals surface area contributed by atoms with Crippen molar-refractivity contribution in [1.29, 1.82) is 5.26 Å². The number of rotatable bonds is 4. The molecule has 8 heteroatoms. The van der Waals surface area contributed by atoms with E-state index < -0.39 is 10.0 Å². The Hall–Kier alpha value is -3.31. The molecule has 1 aliphatic heterocycles. The van der Waals surface area contributed by atoms with Crippen LogP contribution >= 0.6 is 0 Å². The number of hydrogen-bond acceptors (Lipinski definition) is 5. The van der Waals surface area contributed by atoms with Gasteiger partial charge in [0.1, 0.15) is 4.90 Å². The normalized spacial score (nSPS) is 14.7. The van der Waals surface area contributed by atoms with Crippen molar-refractivity contribution in [3.8, 4) is 6.07 Å². The molecule has 0 atom stereocenters. The molecule has 2 heterocycles. The maximum absolute atomic E-state index is 13.4.